The van der Waals surface area contributed by atoms with Crippen LogP contribution in [0.25, 0.3) is 0 Å². The third-order valence-corrected chi connectivity index (χ3v) is 6.67. The van der Waals surface area contributed by atoms with Crippen molar-refractivity contribution in [2.75, 3.05) is 26.7 Å². The van der Waals surface area contributed by atoms with Crippen LogP contribution in [0.5, 0.6) is 0 Å². The van der Waals surface area contributed by atoms with Crippen LogP contribution in [0.3, 0.4) is 0 Å². The molecule has 0 rings (SSSR count). The lowest BCUT2D eigenvalue weighted by atomic mass is 9.85. The van der Waals surface area contributed by atoms with Crippen LogP contribution < -0.4 is 5.32 Å². The Morgan fingerprint density at radius 1 is 0.926 bits per heavy atom. The van der Waals surface area contributed by atoms with Crippen molar-refractivity contribution in [1.82, 2.24) is 15.1 Å². The number of rotatable bonds is 14. The lowest BCUT2D eigenvalue weighted by Gasteiger charge is -2.44. The summed E-state index contributed by atoms with van der Waals surface area (Å²) in [6.45, 7) is 28.4. The monoisotopic (exact) mass is 382 g/mol. The number of nitrogens with one attached hydrogen (secondary N) is 1. The van der Waals surface area contributed by atoms with Crippen LogP contribution in [-0.4, -0.2) is 60.6 Å². The van der Waals surface area contributed by atoms with Crippen molar-refractivity contribution in [2.45, 2.75) is 112 Å². The first-order chi connectivity index (χ1) is 12.5. The molecule has 1 radical (unpaired) electrons. The van der Waals surface area contributed by atoms with Crippen LogP contribution in [0.4, 0.5) is 0 Å². The molecule has 1 N–H and O–H groups in total. The molecule has 3 unspecified atom stereocenters. The minimum absolute atomic E-state index is 0.265. The molecule has 3 nitrogen and oxygen atoms in total. The summed E-state index contributed by atoms with van der Waals surface area (Å²) in [5.41, 5.74) is 0.265. The van der Waals surface area contributed by atoms with Crippen LogP contribution >= 0.6 is 0 Å². The van der Waals surface area contributed by atoms with Gasteiger partial charge >= 0.3 is 0 Å². The Morgan fingerprint density at radius 3 is 1.85 bits per heavy atom. The van der Waals surface area contributed by atoms with Gasteiger partial charge < -0.3 is 10.2 Å². The summed E-state index contributed by atoms with van der Waals surface area (Å²) in [7, 11) is 2.31. The van der Waals surface area contributed by atoms with Gasteiger partial charge in [0.25, 0.3) is 0 Å². The number of hydrogen-bond donors (Lipinski definition) is 1. The Balaban J connectivity index is 5.23. The lowest BCUT2D eigenvalue weighted by Crippen LogP contribution is -2.53. The number of likely N-dealkylation sites (N-methyl/N-ethyl adjacent to an activating group) is 1. The smallest absolute Gasteiger partial charge is 0.0238 e. The van der Waals surface area contributed by atoms with Gasteiger partial charge in [-0.25, -0.2) is 0 Å². The summed E-state index contributed by atoms with van der Waals surface area (Å²) < 4.78 is 0. The van der Waals surface area contributed by atoms with Gasteiger partial charge in [0.1, 0.15) is 0 Å². The fraction of sp³-hybridized carbons (Fsp3) is 0.958. The highest BCUT2D eigenvalue weighted by Gasteiger charge is 2.31. The zero-order chi connectivity index (χ0) is 21.2. The Labute approximate surface area is 172 Å². The predicted molar refractivity (Wildman–Crippen MR) is 123 cm³/mol. The van der Waals surface area contributed by atoms with Gasteiger partial charge in [-0.1, -0.05) is 55.4 Å². The van der Waals surface area contributed by atoms with Crippen molar-refractivity contribution < 1.29 is 0 Å². The lowest BCUT2D eigenvalue weighted by molar-refractivity contribution is 0.0506. The van der Waals surface area contributed by atoms with Crippen molar-refractivity contribution in [3.63, 3.8) is 0 Å². The molecule has 0 aromatic rings. The Morgan fingerprint density at radius 2 is 1.48 bits per heavy atom. The highest BCUT2D eigenvalue weighted by Crippen LogP contribution is 2.27. The van der Waals surface area contributed by atoms with Crippen LogP contribution in [0.1, 0.15) is 88.0 Å². The average Bonchev–Trinajstić information content (AvgIpc) is 2.58. The minimum Gasteiger partial charge on any atom is -0.314 e. The van der Waals surface area contributed by atoms with Gasteiger partial charge in [-0.3, -0.25) is 4.90 Å². The maximum atomic E-state index is 4.31. The molecule has 0 aliphatic rings. The molecule has 3 heteroatoms. The van der Waals surface area contributed by atoms with E-state index in [1.54, 1.807) is 0 Å². The molecule has 0 aliphatic carbocycles. The van der Waals surface area contributed by atoms with Crippen LogP contribution in [0, 0.1) is 18.3 Å². The minimum atomic E-state index is 0.265. The van der Waals surface area contributed by atoms with Crippen molar-refractivity contribution >= 4 is 0 Å². The number of hydrogen-bond acceptors (Lipinski definition) is 3. The Kier molecular flexibility index (Phi) is 13.1. The molecule has 0 fully saturated rings. The molecular formula is C24H52N3. The predicted octanol–water partition coefficient (Wildman–Crippen LogP) is 5.46. The summed E-state index contributed by atoms with van der Waals surface area (Å²) in [5.74, 6) is 0.693. The summed E-state index contributed by atoms with van der Waals surface area (Å²) in [4.78, 5) is 5.24. The number of nitrogens with zero attached hydrogens (tertiary/aromatic N) is 2. The van der Waals surface area contributed by atoms with Gasteiger partial charge in [-0.15, -0.1) is 0 Å². The summed E-state index contributed by atoms with van der Waals surface area (Å²) in [5, 5.41) is 3.82. The topological polar surface area (TPSA) is 18.5 Å². The molecule has 0 amide bonds. The van der Waals surface area contributed by atoms with E-state index in [1.165, 1.54) is 25.7 Å². The van der Waals surface area contributed by atoms with E-state index in [0.717, 1.165) is 19.6 Å². The van der Waals surface area contributed by atoms with Gasteiger partial charge in [0, 0.05) is 30.7 Å². The molecule has 0 spiro atoms. The highest BCUT2D eigenvalue weighted by atomic mass is 15.2. The molecular weight excluding hydrogens is 330 g/mol. The van der Waals surface area contributed by atoms with E-state index in [0.29, 0.717) is 30.1 Å². The second-order valence-corrected chi connectivity index (χ2v) is 9.85. The molecule has 0 saturated carbocycles. The second kappa shape index (κ2) is 13.2. The molecule has 0 heterocycles. The largest absolute Gasteiger partial charge is 0.314 e. The molecule has 3 atom stereocenters. The molecule has 0 aliphatic heterocycles. The summed E-state index contributed by atoms with van der Waals surface area (Å²) in [6.07, 6.45) is 4.84. The van der Waals surface area contributed by atoms with Crippen LogP contribution in [0.15, 0.2) is 0 Å². The van der Waals surface area contributed by atoms with E-state index in [9.17, 15) is 0 Å². The van der Waals surface area contributed by atoms with Crippen LogP contribution in [-0.2, 0) is 0 Å². The maximum absolute atomic E-state index is 4.31. The summed E-state index contributed by atoms with van der Waals surface area (Å²) in [6, 6.07) is 2.36. The zero-order valence-corrected chi connectivity index (χ0v) is 20.4. The zero-order valence-electron chi connectivity index (χ0n) is 20.4. The average molecular weight is 383 g/mol. The van der Waals surface area contributed by atoms with Gasteiger partial charge in [0.2, 0.25) is 0 Å². The Bertz CT molecular complexity index is 357. The second-order valence-electron chi connectivity index (χ2n) is 9.85. The van der Waals surface area contributed by atoms with Gasteiger partial charge in [0.05, 0.1) is 0 Å². The fourth-order valence-electron chi connectivity index (χ4n) is 4.23. The quantitative estimate of drug-likeness (QED) is 0.430. The molecule has 163 valence electrons. The van der Waals surface area contributed by atoms with Gasteiger partial charge in [0.15, 0.2) is 0 Å². The highest BCUT2D eigenvalue weighted by molar-refractivity contribution is 4.87. The van der Waals surface area contributed by atoms with Gasteiger partial charge in [-0.05, 0) is 71.0 Å². The molecule has 0 aromatic carbocycles. The van der Waals surface area contributed by atoms with E-state index in [-0.39, 0.29) is 5.41 Å². The maximum Gasteiger partial charge on any atom is 0.0238 e. The van der Waals surface area contributed by atoms with Crippen molar-refractivity contribution in [2.24, 2.45) is 11.3 Å². The SMILES string of the molecule is [CH2]CN(C(CCNC(CC)C(C)C)CN(C)C(CC)CC)C(C)C(C)(C)C. The van der Waals surface area contributed by atoms with Gasteiger partial charge in [-0.2, -0.15) is 0 Å². The third kappa shape index (κ3) is 9.28. The van der Waals surface area contributed by atoms with Crippen molar-refractivity contribution in [3.8, 4) is 0 Å². The molecule has 0 saturated heterocycles. The Hall–Kier alpha value is -0.120. The molecule has 0 aromatic heterocycles. The third-order valence-electron chi connectivity index (χ3n) is 6.67. The van der Waals surface area contributed by atoms with E-state index in [4.69, 9.17) is 0 Å². The normalized spacial score (nSPS) is 16.6. The fourth-order valence-corrected chi connectivity index (χ4v) is 4.23. The van der Waals surface area contributed by atoms with E-state index >= 15 is 0 Å². The standard InChI is InChI=1S/C24H52N3/c1-12-21(13-2)26(11)18-22(16-17-25-23(14-3)19(5)6)27(15-4)20(7)24(8,9)10/h19-23,25H,4,12-18H2,1-3,5-11H3. The van der Waals surface area contributed by atoms with Crippen molar-refractivity contribution in [3.05, 3.63) is 6.92 Å². The van der Waals surface area contributed by atoms with E-state index in [1.807, 2.05) is 0 Å². The van der Waals surface area contributed by atoms with Crippen molar-refractivity contribution in [1.29, 1.82) is 0 Å². The van der Waals surface area contributed by atoms with E-state index in [2.05, 4.69) is 91.4 Å². The molecule has 27 heavy (non-hydrogen) atoms. The first kappa shape index (κ1) is 26.9. The van der Waals surface area contributed by atoms with E-state index < -0.39 is 0 Å². The molecule has 0 bridgehead atoms. The summed E-state index contributed by atoms with van der Waals surface area (Å²) >= 11 is 0. The van der Waals surface area contributed by atoms with Crippen LogP contribution in [0.2, 0.25) is 0 Å². The first-order valence-corrected chi connectivity index (χ1v) is 11.5. The first-order valence-electron chi connectivity index (χ1n) is 11.5.